The standard InChI is InChI=1S/C9H10N2O3/c12-6-4-11(5-6)8-3-1-2-7(10-8)9(13)14/h1-3,6,12H,4-5H2,(H,13,14). The van der Waals surface area contributed by atoms with Crippen LogP contribution in [-0.4, -0.2) is 40.4 Å². The van der Waals surface area contributed by atoms with Crippen LogP contribution in [0.1, 0.15) is 10.5 Å². The molecule has 1 saturated heterocycles. The number of aromatic nitrogens is 1. The highest BCUT2D eigenvalue weighted by molar-refractivity contribution is 5.85. The van der Waals surface area contributed by atoms with Crippen LogP contribution in [0.5, 0.6) is 0 Å². The lowest BCUT2D eigenvalue weighted by Gasteiger charge is -2.36. The number of pyridine rings is 1. The Morgan fingerprint density at radius 2 is 2.21 bits per heavy atom. The van der Waals surface area contributed by atoms with Crippen molar-refractivity contribution >= 4 is 11.8 Å². The minimum absolute atomic E-state index is 0.0314. The van der Waals surface area contributed by atoms with Crippen molar-refractivity contribution in [2.75, 3.05) is 18.0 Å². The largest absolute Gasteiger partial charge is 0.477 e. The first-order valence-electron chi connectivity index (χ1n) is 4.30. The molecule has 2 heterocycles. The molecule has 0 atom stereocenters. The van der Waals surface area contributed by atoms with Gasteiger partial charge in [-0.15, -0.1) is 0 Å². The zero-order valence-corrected chi connectivity index (χ0v) is 7.42. The number of carbonyl (C=O) groups is 1. The van der Waals surface area contributed by atoms with Gasteiger partial charge >= 0.3 is 5.97 Å². The van der Waals surface area contributed by atoms with E-state index in [4.69, 9.17) is 10.2 Å². The molecule has 0 saturated carbocycles. The highest BCUT2D eigenvalue weighted by Crippen LogP contribution is 2.18. The zero-order valence-electron chi connectivity index (χ0n) is 7.42. The maximum Gasteiger partial charge on any atom is 0.354 e. The van der Waals surface area contributed by atoms with Crippen molar-refractivity contribution in [2.24, 2.45) is 0 Å². The zero-order chi connectivity index (χ0) is 10.1. The first kappa shape index (κ1) is 8.96. The molecule has 0 amide bonds. The minimum Gasteiger partial charge on any atom is -0.477 e. The van der Waals surface area contributed by atoms with E-state index in [9.17, 15) is 4.79 Å². The smallest absolute Gasteiger partial charge is 0.354 e. The molecule has 0 spiro atoms. The molecular formula is C9H10N2O3. The molecule has 0 bridgehead atoms. The van der Waals surface area contributed by atoms with Crippen molar-refractivity contribution in [3.8, 4) is 0 Å². The number of β-amino-alcohol motifs (C(OH)–C–C–N with tert-alkyl or cyclic N) is 1. The second-order valence-corrected chi connectivity index (χ2v) is 3.24. The third-order valence-electron chi connectivity index (χ3n) is 2.14. The summed E-state index contributed by atoms with van der Waals surface area (Å²) >= 11 is 0. The second-order valence-electron chi connectivity index (χ2n) is 3.24. The number of aliphatic hydroxyl groups excluding tert-OH is 1. The number of nitrogens with zero attached hydrogens (tertiary/aromatic N) is 2. The number of rotatable bonds is 2. The third kappa shape index (κ3) is 1.54. The molecule has 1 aromatic heterocycles. The Balaban J connectivity index is 2.18. The van der Waals surface area contributed by atoms with E-state index in [2.05, 4.69) is 4.98 Å². The van der Waals surface area contributed by atoms with Crippen LogP contribution in [0.15, 0.2) is 18.2 Å². The molecule has 2 N–H and O–H groups in total. The summed E-state index contributed by atoms with van der Waals surface area (Å²) in [6, 6.07) is 4.83. The predicted octanol–water partition coefficient (Wildman–Crippen LogP) is -0.0393. The Hall–Kier alpha value is -1.62. The highest BCUT2D eigenvalue weighted by Gasteiger charge is 2.25. The Labute approximate surface area is 80.6 Å². The molecule has 2 rings (SSSR count). The van der Waals surface area contributed by atoms with Crippen molar-refractivity contribution in [3.63, 3.8) is 0 Å². The summed E-state index contributed by atoms with van der Waals surface area (Å²) in [4.78, 5) is 16.4. The Bertz CT molecular complexity index is 361. The van der Waals surface area contributed by atoms with Gasteiger partial charge in [0.2, 0.25) is 0 Å². The van der Waals surface area contributed by atoms with Gasteiger partial charge in [0.1, 0.15) is 5.82 Å². The summed E-state index contributed by atoms with van der Waals surface area (Å²) in [6.07, 6.45) is -0.315. The minimum atomic E-state index is -1.03. The molecule has 0 radical (unpaired) electrons. The van der Waals surface area contributed by atoms with Gasteiger partial charge in [0.15, 0.2) is 5.69 Å². The summed E-state index contributed by atoms with van der Waals surface area (Å²) in [6.45, 7) is 1.05. The molecule has 1 fully saturated rings. The summed E-state index contributed by atoms with van der Waals surface area (Å²) in [5, 5.41) is 17.8. The van der Waals surface area contributed by atoms with Gasteiger partial charge in [-0.05, 0) is 12.1 Å². The van der Waals surface area contributed by atoms with E-state index >= 15 is 0 Å². The fourth-order valence-electron chi connectivity index (χ4n) is 1.36. The van der Waals surface area contributed by atoms with Gasteiger partial charge in [-0.25, -0.2) is 9.78 Å². The third-order valence-corrected chi connectivity index (χ3v) is 2.14. The highest BCUT2D eigenvalue weighted by atomic mass is 16.4. The van der Waals surface area contributed by atoms with Gasteiger partial charge < -0.3 is 15.1 Å². The van der Waals surface area contributed by atoms with Gasteiger partial charge in [-0.2, -0.15) is 0 Å². The van der Waals surface area contributed by atoms with Gasteiger partial charge in [0.05, 0.1) is 6.10 Å². The van der Waals surface area contributed by atoms with E-state index in [1.807, 2.05) is 4.90 Å². The maximum absolute atomic E-state index is 10.6. The molecule has 0 aromatic carbocycles. The molecule has 5 nitrogen and oxygen atoms in total. The van der Waals surface area contributed by atoms with Crippen molar-refractivity contribution < 1.29 is 15.0 Å². The van der Waals surface area contributed by atoms with Crippen molar-refractivity contribution in [1.82, 2.24) is 4.98 Å². The van der Waals surface area contributed by atoms with Gasteiger partial charge in [0, 0.05) is 13.1 Å². The van der Waals surface area contributed by atoms with Crippen LogP contribution in [0.3, 0.4) is 0 Å². The average molecular weight is 194 g/mol. The van der Waals surface area contributed by atoms with Crippen LogP contribution in [0.2, 0.25) is 0 Å². The van der Waals surface area contributed by atoms with Crippen molar-refractivity contribution in [3.05, 3.63) is 23.9 Å². The Morgan fingerprint density at radius 1 is 1.50 bits per heavy atom. The molecule has 5 heteroatoms. The van der Waals surface area contributed by atoms with Crippen LogP contribution in [0, 0.1) is 0 Å². The van der Waals surface area contributed by atoms with Gasteiger partial charge in [-0.3, -0.25) is 0 Å². The number of aliphatic hydroxyl groups is 1. The second kappa shape index (κ2) is 3.26. The van der Waals surface area contributed by atoms with E-state index in [0.717, 1.165) is 0 Å². The van der Waals surface area contributed by atoms with E-state index < -0.39 is 5.97 Å². The van der Waals surface area contributed by atoms with Crippen LogP contribution >= 0.6 is 0 Å². The van der Waals surface area contributed by atoms with E-state index in [-0.39, 0.29) is 11.8 Å². The predicted molar refractivity (Wildman–Crippen MR) is 49.4 cm³/mol. The lowest BCUT2D eigenvalue weighted by atomic mass is 10.1. The lowest BCUT2D eigenvalue weighted by molar-refractivity contribution is 0.0690. The summed E-state index contributed by atoms with van der Waals surface area (Å²) < 4.78 is 0. The van der Waals surface area contributed by atoms with Gasteiger partial charge in [-0.1, -0.05) is 6.07 Å². The summed E-state index contributed by atoms with van der Waals surface area (Å²) in [7, 11) is 0. The molecular weight excluding hydrogens is 184 g/mol. The monoisotopic (exact) mass is 194 g/mol. The molecule has 1 aliphatic rings. The number of hydrogen-bond acceptors (Lipinski definition) is 4. The van der Waals surface area contributed by atoms with Crippen molar-refractivity contribution in [1.29, 1.82) is 0 Å². The van der Waals surface area contributed by atoms with E-state index in [1.165, 1.54) is 6.07 Å². The first-order valence-corrected chi connectivity index (χ1v) is 4.30. The molecule has 74 valence electrons. The van der Waals surface area contributed by atoms with E-state index in [0.29, 0.717) is 18.9 Å². The molecule has 0 aliphatic carbocycles. The van der Waals surface area contributed by atoms with Crippen LogP contribution in [-0.2, 0) is 0 Å². The van der Waals surface area contributed by atoms with Crippen molar-refractivity contribution in [2.45, 2.75) is 6.10 Å². The molecule has 0 unspecified atom stereocenters. The van der Waals surface area contributed by atoms with E-state index in [1.54, 1.807) is 12.1 Å². The van der Waals surface area contributed by atoms with Crippen LogP contribution < -0.4 is 4.90 Å². The fourth-order valence-corrected chi connectivity index (χ4v) is 1.36. The first-order chi connectivity index (χ1) is 6.66. The average Bonchev–Trinajstić information content (AvgIpc) is 2.13. The topological polar surface area (TPSA) is 73.7 Å². The summed E-state index contributed by atoms with van der Waals surface area (Å²) in [5.41, 5.74) is 0.0314. The summed E-state index contributed by atoms with van der Waals surface area (Å²) in [5.74, 6) is -0.428. The molecule has 14 heavy (non-hydrogen) atoms. The molecule has 1 aliphatic heterocycles. The SMILES string of the molecule is O=C(O)c1cccc(N2CC(O)C2)n1. The van der Waals surface area contributed by atoms with Gasteiger partial charge in [0.25, 0.3) is 0 Å². The molecule has 1 aromatic rings. The fraction of sp³-hybridized carbons (Fsp3) is 0.333. The number of anilines is 1. The Kier molecular flexibility index (Phi) is 2.09. The number of aromatic carboxylic acids is 1. The lowest BCUT2D eigenvalue weighted by Crippen LogP contribution is -2.51. The maximum atomic E-state index is 10.6. The normalized spacial score (nSPS) is 16.5. The van der Waals surface area contributed by atoms with Crippen LogP contribution in [0.4, 0.5) is 5.82 Å². The van der Waals surface area contributed by atoms with Crippen LogP contribution in [0.25, 0.3) is 0 Å². The Morgan fingerprint density at radius 3 is 2.79 bits per heavy atom. The number of carboxylic acids is 1. The number of carboxylic acid groups (broad SMARTS) is 1. The number of hydrogen-bond donors (Lipinski definition) is 2. The quantitative estimate of drug-likeness (QED) is 0.691.